The lowest BCUT2D eigenvalue weighted by atomic mass is 10.1. The summed E-state index contributed by atoms with van der Waals surface area (Å²) in [6.07, 6.45) is 2.61. The van der Waals surface area contributed by atoms with Crippen LogP contribution in [0.4, 0.5) is 0 Å². The molecule has 5 heteroatoms. The maximum absolute atomic E-state index is 5.30. The van der Waals surface area contributed by atoms with Crippen molar-refractivity contribution in [1.29, 1.82) is 0 Å². The lowest BCUT2D eigenvalue weighted by molar-refractivity contribution is 0.181. The van der Waals surface area contributed by atoms with Gasteiger partial charge in [-0.2, -0.15) is 0 Å². The van der Waals surface area contributed by atoms with Gasteiger partial charge in [0.15, 0.2) is 0 Å². The number of ether oxygens (including phenoxy) is 1. The van der Waals surface area contributed by atoms with Crippen LogP contribution in [-0.2, 0) is 17.9 Å². The van der Waals surface area contributed by atoms with Crippen molar-refractivity contribution < 1.29 is 4.74 Å². The van der Waals surface area contributed by atoms with E-state index in [9.17, 15) is 0 Å². The molecule has 0 spiro atoms. The fourth-order valence-electron chi connectivity index (χ4n) is 2.28. The fraction of sp³-hybridized carbons (Fsp3) is 0.438. The summed E-state index contributed by atoms with van der Waals surface area (Å²) in [4.78, 5) is 6.09. The van der Waals surface area contributed by atoms with Crippen molar-refractivity contribution >= 4 is 27.3 Å². The van der Waals surface area contributed by atoms with Crippen molar-refractivity contribution in [1.82, 2.24) is 10.3 Å². The first kappa shape index (κ1) is 15.2. The number of aromatic nitrogens is 1. The number of methoxy groups -OCH3 is 1. The molecular weight excluding hydrogens is 348 g/mol. The number of hydrogen-bond acceptors (Lipinski definition) is 4. The van der Waals surface area contributed by atoms with Crippen molar-refractivity contribution in [2.45, 2.75) is 39.0 Å². The second-order valence-corrected chi connectivity index (χ2v) is 7.44. The number of aryl methyl sites for hydroxylation is 1. The molecule has 3 rings (SSSR count). The summed E-state index contributed by atoms with van der Waals surface area (Å²) in [5.74, 6) is 0. The molecular formula is C16H19BrN2OS. The SMILES string of the molecule is COCc1nc(-c2ccc(Br)cc2C)sc1CNC1CC1. The third kappa shape index (κ3) is 3.72. The third-order valence-electron chi connectivity index (χ3n) is 3.61. The summed E-state index contributed by atoms with van der Waals surface area (Å²) in [5.41, 5.74) is 3.51. The standard InChI is InChI=1S/C16H19BrN2OS/c1-10-7-11(17)3-6-13(10)16-19-14(9-20-2)15(21-16)8-18-12-4-5-12/h3,6-7,12,18H,4-5,8-9H2,1-2H3. The van der Waals surface area contributed by atoms with E-state index in [2.05, 4.69) is 46.4 Å². The number of hydrogen-bond donors (Lipinski definition) is 1. The van der Waals surface area contributed by atoms with Crippen molar-refractivity contribution in [3.8, 4) is 10.6 Å². The Balaban J connectivity index is 1.88. The minimum atomic E-state index is 0.577. The Morgan fingerprint density at radius 1 is 1.43 bits per heavy atom. The summed E-state index contributed by atoms with van der Waals surface area (Å²) in [7, 11) is 1.72. The predicted molar refractivity (Wildman–Crippen MR) is 90.6 cm³/mol. The molecule has 1 aromatic heterocycles. The van der Waals surface area contributed by atoms with Gasteiger partial charge in [-0.3, -0.25) is 0 Å². The van der Waals surface area contributed by atoms with E-state index < -0.39 is 0 Å². The Bertz CT molecular complexity index is 637. The highest BCUT2D eigenvalue weighted by atomic mass is 79.9. The normalized spacial score (nSPS) is 14.6. The molecule has 1 aliphatic rings. The van der Waals surface area contributed by atoms with Crippen LogP contribution in [0.1, 0.15) is 29.0 Å². The number of benzene rings is 1. The minimum absolute atomic E-state index is 0.577. The summed E-state index contributed by atoms with van der Waals surface area (Å²) in [5, 5.41) is 4.65. The largest absolute Gasteiger partial charge is 0.378 e. The second kappa shape index (κ2) is 6.57. The van der Waals surface area contributed by atoms with Crippen LogP contribution < -0.4 is 5.32 Å². The average Bonchev–Trinajstić information content (AvgIpc) is 3.19. The van der Waals surface area contributed by atoms with Gasteiger partial charge < -0.3 is 10.1 Å². The van der Waals surface area contributed by atoms with Gasteiger partial charge in [-0.15, -0.1) is 11.3 Å². The number of nitrogens with zero attached hydrogens (tertiary/aromatic N) is 1. The maximum atomic E-state index is 5.30. The summed E-state index contributed by atoms with van der Waals surface area (Å²) >= 11 is 5.29. The van der Waals surface area contributed by atoms with Crippen LogP contribution in [0.3, 0.4) is 0 Å². The Morgan fingerprint density at radius 3 is 2.90 bits per heavy atom. The molecule has 2 aromatic rings. The van der Waals surface area contributed by atoms with Gasteiger partial charge in [0.25, 0.3) is 0 Å². The summed E-state index contributed by atoms with van der Waals surface area (Å²) in [6, 6.07) is 7.05. The molecule has 0 aliphatic heterocycles. The first-order valence-electron chi connectivity index (χ1n) is 7.15. The Morgan fingerprint density at radius 2 is 2.24 bits per heavy atom. The van der Waals surface area contributed by atoms with E-state index in [1.165, 1.54) is 28.8 Å². The quantitative estimate of drug-likeness (QED) is 0.828. The molecule has 1 aromatic carbocycles. The van der Waals surface area contributed by atoms with E-state index in [1.54, 1.807) is 18.4 Å². The average molecular weight is 367 g/mol. The van der Waals surface area contributed by atoms with Crippen LogP contribution in [0, 0.1) is 6.92 Å². The molecule has 112 valence electrons. The van der Waals surface area contributed by atoms with E-state index >= 15 is 0 Å². The van der Waals surface area contributed by atoms with Crippen LogP contribution in [0.2, 0.25) is 0 Å². The molecule has 0 saturated heterocycles. The van der Waals surface area contributed by atoms with Crippen LogP contribution in [0.15, 0.2) is 22.7 Å². The van der Waals surface area contributed by atoms with Crippen LogP contribution in [0.5, 0.6) is 0 Å². The van der Waals surface area contributed by atoms with Gasteiger partial charge in [0.05, 0.1) is 12.3 Å². The molecule has 1 aliphatic carbocycles. The van der Waals surface area contributed by atoms with Gasteiger partial charge in [-0.05, 0) is 37.5 Å². The van der Waals surface area contributed by atoms with Crippen LogP contribution in [0.25, 0.3) is 10.6 Å². The zero-order valence-corrected chi connectivity index (χ0v) is 14.7. The van der Waals surface area contributed by atoms with Gasteiger partial charge in [-0.1, -0.05) is 22.0 Å². The molecule has 1 N–H and O–H groups in total. The molecule has 1 saturated carbocycles. The number of halogens is 1. The molecule has 0 unspecified atom stereocenters. The second-order valence-electron chi connectivity index (χ2n) is 5.44. The number of rotatable bonds is 6. The zero-order valence-electron chi connectivity index (χ0n) is 12.3. The molecule has 0 atom stereocenters. The molecule has 1 fully saturated rings. The summed E-state index contributed by atoms with van der Waals surface area (Å²) < 4.78 is 6.40. The number of thiazole rings is 1. The monoisotopic (exact) mass is 366 g/mol. The van der Waals surface area contributed by atoms with Gasteiger partial charge in [-0.25, -0.2) is 4.98 Å². The molecule has 0 bridgehead atoms. The molecule has 21 heavy (non-hydrogen) atoms. The molecule has 3 nitrogen and oxygen atoms in total. The smallest absolute Gasteiger partial charge is 0.124 e. The van der Waals surface area contributed by atoms with E-state index in [0.29, 0.717) is 12.6 Å². The first-order chi connectivity index (χ1) is 10.2. The van der Waals surface area contributed by atoms with E-state index in [0.717, 1.165) is 21.7 Å². The fourth-order valence-corrected chi connectivity index (χ4v) is 3.86. The van der Waals surface area contributed by atoms with Crippen molar-refractivity contribution in [2.75, 3.05) is 7.11 Å². The number of nitrogens with one attached hydrogen (secondary N) is 1. The maximum Gasteiger partial charge on any atom is 0.124 e. The van der Waals surface area contributed by atoms with E-state index in [1.807, 2.05) is 0 Å². The Hall–Kier alpha value is -0.750. The van der Waals surface area contributed by atoms with Crippen LogP contribution >= 0.6 is 27.3 Å². The first-order valence-corrected chi connectivity index (χ1v) is 8.75. The zero-order chi connectivity index (χ0) is 14.8. The van der Waals surface area contributed by atoms with Crippen molar-refractivity contribution in [3.63, 3.8) is 0 Å². The third-order valence-corrected chi connectivity index (χ3v) is 5.23. The minimum Gasteiger partial charge on any atom is -0.378 e. The van der Waals surface area contributed by atoms with Gasteiger partial charge in [0, 0.05) is 34.6 Å². The Kier molecular flexibility index (Phi) is 4.74. The Labute approximate surface area is 137 Å². The lowest BCUT2D eigenvalue weighted by Gasteiger charge is -2.02. The molecule has 0 radical (unpaired) electrons. The van der Waals surface area contributed by atoms with Crippen molar-refractivity contribution in [2.24, 2.45) is 0 Å². The highest BCUT2D eigenvalue weighted by molar-refractivity contribution is 9.10. The molecule has 0 amide bonds. The van der Waals surface area contributed by atoms with Gasteiger partial charge >= 0.3 is 0 Å². The molecule has 1 heterocycles. The predicted octanol–water partition coefficient (Wildman–Crippen LogP) is 4.28. The highest BCUT2D eigenvalue weighted by Crippen LogP contribution is 2.32. The highest BCUT2D eigenvalue weighted by Gasteiger charge is 2.22. The van der Waals surface area contributed by atoms with Gasteiger partial charge in [0.2, 0.25) is 0 Å². The van der Waals surface area contributed by atoms with Gasteiger partial charge in [0.1, 0.15) is 5.01 Å². The summed E-state index contributed by atoms with van der Waals surface area (Å²) in [6.45, 7) is 3.60. The van der Waals surface area contributed by atoms with E-state index in [4.69, 9.17) is 9.72 Å². The van der Waals surface area contributed by atoms with Crippen molar-refractivity contribution in [3.05, 3.63) is 38.8 Å². The lowest BCUT2D eigenvalue weighted by Crippen LogP contribution is -2.15. The topological polar surface area (TPSA) is 34.1 Å². The van der Waals surface area contributed by atoms with E-state index in [-0.39, 0.29) is 0 Å². The van der Waals surface area contributed by atoms with Crippen LogP contribution in [-0.4, -0.2) is 18.1 Å².